The molecule has 0 atom stereocenters. The monoisotopic (exact) mass is 261 g/mol. The Hall–Kier alpha value is -0.250. The van der Waals surface area contributed by atoms with Gasteiger partial charge in [0.25, 0.3) is 0 Å². The summed E-state index contributed by atoms with van der Waals surface area (Å²) in [6, 6.07) is 3.39. The van der Waals surface area contributed by atoms with Gasteiger partial charge in [-0.2, -0.15) is 0 Å². The maximum Gasteiger partial charge on any atom is 0.134 e. The quantitative estimate of drug-likeness (QED) is 0.817. The molecule has 0 aliphatic heterocycles. The maximum absolute atomic E-state index is 9.71. The van der Waals surface area contributed by atoms with Crippen molar-refractivity contribution in [3.63, 3.8) is 0 Å². The van der Waals surface area contributed by atoms with Crippen LogP contribution in [0.25, 0.3) is 0 Å². The number of benzene rings is 1. The molecule has 0 amide bonds. The first-order valence-electron chi connectivity index (χ1n) is 4.00. The zero-order valence-corrected chi connectivity index (χ0v) is 9.19. The molecule has 0 unspecified atom stereocenters. The van der Waals surface area contributed by atoms with Gasteiger partial charge in [-0.15, -0.1) is 0 Å². The van der Waals surface area contributed by atoms with E-state index in [1.54, 1.807) is 12.1 Å². The highest BCUT2D eigenvalue weighted by Crippen LogP contribution is 2.48. The lowest BCUT2D eigenvalue weighted by atomic mass is 10.1. The van der Waals surface area contributed by atoms with Crippen molar-refractivity contribution < 1.29 is 5.11 Å². The molecule has 0 spiro atoms. The minimum atomic E-state index is -0.350. The molecule has 2 nitrogen and oxygen atoms in total. The van der Waals surface area contributed by atoms with Crippen molar-refractivity contribution in [2.75, 3.05) is 0 Å². The number of nitrogens with two attached hydrogens (primary N) is 1. The predicted octanol–water partition coefficient (Wildman–Crippen LogP) is 2.76. The van der Waals surface area contributed by atoms with Crippen LogP contribution in [-0.4, -0.2) is 5.11 Å². The van der Waals surface area contributed by atoms with Gasteiger partial charge < -0.3 is 10.8 Å². The first-order chi connectivity index (χ1) is 6.03. The van der Waals surface area contributed by atoms with Gasteiger partial charge in [0.1, 0.15) is 5.75 Å². The van der Waals surface area contributed by atoms with E-state index in [9.17, 15) is 5.11 Å². The number of hydrogen-bond acceptors (Lipinski definition) is 2. The lowest BCUT2D eigenvalue weighted by Gasteiger charge is -2.12. The Labute approximate surface area is 89.8 Å². The predicted molar refractivity (Wildman–Crippen MR) is 55.9 cm³/mol. The smallest absolute Gasteiger partial charge is 0.134 e. The van der Waals surface area contributed by atoms with Gasteiger partial charge in [0, 0.05) is 16.1 Å². The minimum absolute atomic E-state index is 0.212. The summed E-state index contributed by atoms with van der Waals surface area (Å²) in [4.78, 5) is 0. The van der Waals surface area contributed by atoms with Gasteiger partial charge in [-0.3, -0.25) is 0 Å². The molecular formula is C9H9BrClNO. The Balaban J connectivity index is 2.56. The van der Waals surface area contributed by atoms with E-state index in [2.05, 4.69) is 15.9 Å². The lowest BCUT2D eigenvalue weighted by Crippen LogP contribution is -2.18. The Morgan fingerprint density at radius 3 is 2.62 bits per heavy atom. The van der Waals surface area contributed by atoms with Crippen LogP contribution in [-0.2, 0) is 5.54 Å². The summed E-state index contributed by atoms with van der Waals surface area (Å²) < 4.78 is 0.603. The number of phenols is 1. The molecule has 4 heteroatoms. The molecule has 0 heterocycles. The summed E-state index contributed by atoms with van der Waals surface area (Å²) in [6.45, 7) is 0. The van der Waals surface area contributed by atoms with E-state index in [-0.39, 0.29) is 11.3 Å². The van der Waals surface area contributed by atoms with Crippen molar-refractivity contribution in [2.24, 2.45) is 5.73 Å². The third-order valence-corrected chi connectivity index (χ3v) is 3.18. The fourth-order valence-electron chi connectivity index (χ4n) is 1.35. The average molecular weight is 263 g/mol. The van der Waals surface area contributed by atoms with E-state index in [4.69, 9.17) is 17.3 Å². The van der Waals surface area contributed by atoms with Gasteiger partial charge in [0.15, 0.2) is 0 Å². The first kappa shape index (κ1) is 9.31. The van der Waals surface area contributed by atoms with E-state index < -0.39 is 0 Å². The Morgan fingerprint density at radius 1 is 1.46 bits per heavy atom. The second-order valence-corrected chi connectivity index (χ2v) is 4.73. The first-order valence-corrected chi connectivity index (χ1v) is 5.17. The zero-order valence-electron chi connectivity index (χ0n) is 6.85. The fourth-order valence-corrected chi connectivity index (χ4v) is 2.16. The molecule has 0 aromatic heterocycles. The highest BCUT2D eigenvalue weighted by atomic mass is 79.9. The largest absolute Gasteiger partial charge is 0.506 e. The molecule has 70 valence electrons. The summed E-state index contributed by atoms with van der Waals surface area (Å²) in [5.74, 6) is 0.212. The Kier molecular flexibility index (Phi) is 2.06. The van der Waals surface area contributed by atoms with Crippen molar-refractivity contribution in [3.05, 3.63) is 27.2 Å². The Bertz CT molecular complexity index is 363. The van der Waals surface area contributed by atoms with Gasteiger partial charge in [-0.25, -0.2) is 0 Å². The van der Waals surface area contributed by atoms with Gasteiger partial charge in [-0.1, -0.05) is 11.6 Å². The zero-order chi connectivity index (χ0) is 9.64. The molecule has 3 N–H and O–H groups in total. The van der Waals surface area contributed by atoms with Crippen LogP contribution < -0.4 is 5.73 Å². The molecule has 0 saturated heterocycles. The normalized spacial score (nSPS) is 18.7. The highest BCUT2D eigenvalue weighted by molar-refractivity contribution is 9.10. The number of phenolic OH excluding ortho intramolecular Hbond substituents is 1. The summed E-state index contributed by atoms with van der Waals surface area (Å²) in [7, 11) is 0. The summed E-state index contributed by atoms with van der Waals surface area (Å²) >= 11 is 9.09. The SMILES string of the molecule is NC1(c2cc(Cl)cc(Br)c2O)CC1. The topological polar surface area (TPSA) is 46.2 Å². The third-order valence-electron chi connectivity index (χ3n) is 2.35. The van der Waals surface area contributed by atoms with Crippen LogP contribution in [0.3, 0.4) is 0 Å². The lowest BCUT2D eigenvalue weighted by molar-refractivity contribution is 0.456. The van der Waals surface area contributed by atoms with E-state index in [1.165, 1.54) is 0 Å². The molecule has 1 aromatic rings. The van der Waals surface area contributed by atoms with Crippen molar-refractivity contribution in [3.8, 4) is 5.75 Å². The molecule has 0 radical (unpaired) electrons. The van der Waals surface area contributed by atoms with Gasteiger partial charge in [-0.05, 0) is 40.9 Å². The van der Waals surface area contributed by atoms with Crippen molar-refractivity contribution in [1.29, 1.82) is 0 Å². The molecule has 1 saturated carbocycles. The molecule has 1 fully saturated rings. The van der Waals surface area contributed by atoms with Crippen LogP contribution in [0.2, 0.25) is 5.02 Å². The average Bonchev–Trinajstić information content (AvgIpc) is 2.77. The molecular weight excluding hydrogens is 253 g/mol. The highest BCUT2D eigenvalue weighted by Gasteiger charge is 2.42. The van der Waals surface area contributed by atoms with Crippen molar-refractivity contribution in [2.45, 2.75) is 18.4 Å². The van der Waals surface area contributed by atoms with Crippen LogP contribution >= 0.6 is 27.5 Å². The van der Waals surface area contributed by atoms with Gasteiger partial charge in [0.2, 0.25) is 0 Å². The van der Waals surface area contributed by atoms with Crippen molar-refractivity contribution >= 4 is 27.5 Å². The van der Waals surface area contributed by atoms with Gasteiger partial charge >= 0.3 is 0 Å². The standard InChI is InChI=1S/C9H9BrClNO/c10-7-4-5(11)3-6(8(7)13)9(12)1-2-9/h3-4,13H,1-2,12H2. The number of rotatable bonds is 1. The fraction of sp³-hybridized carbons (Fsp3) is 0.333. The molecule has 0 bridgehead atoms. The maximum atomic E-state index is 9.71. The second kappa shape index (κ2) is 2.87. The number of hydrogen-bond donors (Lipinski definition) is 2. The minimum Gasteiger partial charge on any atom is -0.506 e. The van der Waals surface area contributed by atoms with E-state index >= 15 is 0 Å². The summed E-state index contributed by atoms with van der Waals surface area (Å²) in [5.41, 5.74) is 6.36. The molecule has 2 rings (SSSR count). The summed E-state index contributed by atoms with van der Waals surface area (Å²) in [6.07, 6.45) is 1.82. The molecule has 1 aliphatic rings. The van der Waals surface area contributed by atoms with Crippen LogP contribution in [0.1, 0.15) is 18.4 Å². The van der Waals surface area contributed by atoms with Crippen LogP contribution in [0.5, 0.6) is 5.75 Å². The van der Waals surface area contributed by atoms with Gasteiger partial charge in [0.05, 0.1) is 4.47 Å². The van der Waals surface area contributed by atoms with E-state index in [1.807, 2.05) is 0 Å². The third kappa shape index (κ3) is 1.56. The second-order valence-electron chi connectivity index (χ2n) is 3.44. The molecule has 13 heavy (non-hydrogen) atoms. The molecule has 1 aromatic carbocycles. The molecule has 1 aliphatic carbocycles. The number of halogens is 2. The Morgan fingerprint density at radius 2 is 2.08 bits per heavy atom. The van der Waals surface area contributed by atoms with Crippen LogP contribution in [0, 0.1) is 0 Å². The van der Waals surface area contributed by atoms with Crippen LogP contribution in [0.4, 0.5) is 0 Å². The van der Waals surface area contributed by atoms with E-state index in [0.29, 0.717) is 9.50 Å². The van der Waals surface area contributed by atoms with E-state index in [0.717, 1.165) is 18.4 Å². The van der Waals surface area contributed by atoms with Crippen LogP contribution in [0.15, 0.2) is 16.6 Å². The number of aromatic hydroxyl groups is 1. The summed E-state index contributed by atoms with van der Waals surface area (Å²) in [5, 5.41) is 10.3. The van der Waals surface area contributed by atoms with Crippen molar-refractivity contribution in [1.82, 2.24) is 0 Å².